The number of nitrogens with zero attached hydrogens (tertiary/aromatic N) is 4. The molecule has 0 saturated carbocycles. The first kappa shape index (κ1) is 33.5. The van der Waals surface area contributed by atoms with E-state index in [1.54, 1.807) is 36.4 Å². The number of fused-ring (bicyclic) bond motifs is 11. The summed E-state index contributed by atoms with van der Waals surface area (Å²) in [6.45, 7) is 0. The van der Waals surface area contributed by atoms with Crippen LogP contribution < -0.4 is 0 Å². The van der Waals surface area contributed by atoms with Crippen molar-refractivity contribution in [3.05, 3.63) is 167 Å². The Morgan fingerprint density at radius 1 is 0.300 bits per heavy atom. The zero-order valence-electron chi connectivity index (χ0n) is 31.2. The lowest BCUT2D eigenvalue weighted by Crippen LogP contribution is -1.95. The minimum Gasteiger partial charge on any atom is -0.206 e. The third kappa shape index (κ3) is 4.21. The van der Waals surface area contributed by atoms with Gasteiger partial charge in [-0.15, -0.1) is 0 Å². The predicted molar refractivity (Wildman–Crippen MR) is 232 cm³/mol. The molecule has 0 bridgehead atoms. The highest BCUT2D eigenvalue weighted by Crippen LogP contribution is 2.57. The normalized spacial score (nSPS) is 11.8. The lowest BCUT2D eigenvalue weighted by atomic mass is 9.82. The molecule has 0 N–H and O–H groups in total. The highest BCUT2D eigenvalue weighted by atomic mass is 19.1. The van der Waals surface area contributed by atoms with Crippen LogP contribution in [0.1, 0.15) is 22.3 Å². The Morgan fingerprint density at radius 3 is 1.13 bits per heavy atom. The molecule has 0 aliphatic heterocycles. The number of halogens is 2. The SMILES string of the molecule is N#Cc1ccc(-c2c3c(cc4c2ccc2c5cc6c(c(-c7ccc(C#N)cc7C#N)c5ccc42)-c2ccc(F)c4cccc-6c24)-c2cccc4c(F)ccc-3c24)c(C#N)c1. The maximum atomic E-state index is 15.4. The Balaban J connectivity index is 1.25. The monoisotopic (exact) mass is 764 g/mol. The van der Waals surface area contributed by atoms with Gasteiger partial charge in [0.25, 0.3) is 0 Å². The molecule has 0 spiro atoms. The molecule has 6 heteroatoms. The Morgan fingerprint density at radius 2 is 0.717 bits per heavy atom. The van der Waals surface area contributed by atoms with Crippen molar-refractivity contribution in [3.8, 4) is 91.0 Å². The number of rotatable bonds is 2. The summed E-state index contributed by atoms with van der Waals surface area (Å²) >= 11 is 0. The van der Waals surface area contributed by atoms with Gasteiger partial charge < -0.3 is 0 Å². The van der Waals surface area contributed by atoms with E-state index < -0.39 is 0 Å². The highest BCUT2D eigenvalue weighted by molar-refractivity contribution is 6.30. The van der Waals surface area contributed by atoms with Gasteiger partial charge in [0.1, 0.15) is 11.6 Å². The van der Waals surface area contributed by atoms with Crippen LogP contribution in [0.25, 0.3) is 121 Å². The molecule has 4 nitrogen and oxygen atoms in total. The maximum Gasteiger partial charge on any atom is 0.131 e. The van der Waals surface area contributed by atoms with E-state index in [9.17, 15) is 21.0 Å². The molecule has 0 saturated heterocycles. The molecule has 2 aliphatic carbocycles. The number of hydrogen-bond donors (Lipinski definition) is 0. The average molecular weight is 765 g/mol. The van der Waals surface area contributed by atoms with Crippen molar-refractivity contribution >= 4 is 53.9 Å². The van der Waals surface area contributed by atoms with Crippen LogP contribution in [0.2, 0.25) is 0 Å². The molecule has 10 aromatic carbocycles. The van der Waals surface area contributed by atoms with E-state index in [-0.39, 0.29) is 11.6 Å². The van der Waals surface area contributed by atoms with E-state index in [0.29, 0.717) is 44.2 Å². The van der Waals surface area contributed by atoms with Gasteiger partial charge in [-0.2, -0.15) is 21.0 Å². The molecule has 0 fully saturated rings. The molecule has 0 amide bonds. The van der Waals surface area contributed by atoms with Crippen molar-refractivity contribution in [1.29, 1.82) is 21.0 Å². The molecule has 60 heavy (non-hydrogen) atoms. The maximum absolute atomic E-state index is 15.4. The second-order valence-corrected chi connectivity index (χ2v) is 15.4. The summed E-state index contributed by atoms with van der Waals surface area (Å²) in [5.41, 5.74) is 11.6. The van der Waals surface area contributed by atoms with Crippen LogP contribution in [0.15, 0.2) is 133 Å². The van der Waals surface area contributed by atoms with Gasteiger partial charge in [-0.25, -0.2) is 8.78 Å². The minimum absolute atomic E-state index is 0.312. The number of nitriles is 4. The van der Waals surface area contributed by atoms with Gasteiger partial charge in [0.15, 0.2) is 0 Å². The summed E-state index contributed by atoms with van der Waals surface area (Å²) in [6.07, 6.45) is 0. The minimum atomic E-state index is -0.312. The van der Waals surface area contributed by atoms with E-state index in [1.807, 2.05) is 48.5 Å². The third-order valence-electron chi connectivity index (χ3n) is 12.6. The first-order valence-electron chi connectivity index (χ1n) is 19.3. The van der Waals surface area contributed by atoms with Crippen molar-refractivity contribution in [3.63, 3.8) is 0 Å². The van der Waals surface area contributed by atoms with Crippen molar-refractivity contribution in [2.75, 3.05) is 0 Å². The van der Waals surface area contributed by atoms with E-state index in [1.165, 1.54) is 12.1 Å². The van der Waals surface area contributed by atoms with Crippen molar-refractivity contribution in [2.24, 2.45) is 0 Å². The Kier molecular flexibility index (Phi) is 6.65. The topological polar surface area (TPSA) is 95.2 Å². The lowest BCUT2D eigenvalue weighted by Gasteiger charge is -2.20. The van der Waals surface area contributed by atoms with Crippen LogP contribution in [0.3, 0.4) is 0 Å². The van der Waals surface area contributed by atoms with Crippen LogP contribution in [0, 0.1) is 57.0 Å². The van der Waals surface area contributed by atoms with Crippen LogP contribution in [0.5, 0.6) is 0 Å². The summed E-state index contributed by atoms with van der Waals surface area (Å²) in [6, 6.07) is 50.0. The molecule has 2 aliphatic rings. The Bertz CT molecular complexity index is 3650. The summed E-state index contributed by atoms with van der Waals surface area (Å²) in [5, 5.41) is 48.7. The summed E-state index contributed by atoms with van der Waals surface area (Å²) in [7, 11) is 0. The number of benzene rings is 10. The zero-order valence-corrected chi connectivity index (χ0v) is 31.2. The lowest BCUT2D eigenvalue weighted by molar-refractivity contribution is 0.639. The average Bonchev–Trinajstić information content (AvgIpc) is 3.79. The fraction of sp³-hybridized carbons (Fsp3) is 0. The molecular weight excluding hydrogens is 743 g/mol. The van der Waals surface area contributed by atoms with Crippen LogP contribution in [-0.4, -0.2) is 0 Å². The van der Waals surface area contributed by atoms with Crippen molar-refractivity contribution < 1.29 is 8.78 Å². The summed E-state index contributed by atoms with van der Waals surface area (Å²) in [5.74, 6) is -0.624. The predicted octanol–water partition coefficient (Wildman–Crippen LogP) is 13.8. The van der Waals surface area contributed by atoms with Gasteiger partial charge in [-0.3, -0.25) is 0 Å². The van der Waals surface area contributed by atoms with Gasteiger partial charge in [0.05, 0.1) is 46.5 Å². The quantitative estimate of drug-likeness (QED) is 0.164. The first-order chi connectivity index (χ1) is 29.4. The van der Waals surface area contributed by atoms with Gasteiger partial charge >= 0.3 is 0 Å². The molecular formula is C54H22F2N4. The van der Waals surface area contributed by atoms with Crippen LogP contribution in [-0.2, 0) is 0 Å². The molecule has 12 rings (SSSR count). The Labute approximate surface area is 340 Å². The molecule has 0 heterocycles. The highest BCUT2D eigenvalue weighted by Gasteiger charge is 2.31. The summed E-state index contributed by atoms with van der Waals surface area (Å²) in [4.78, 5) is 0. The molecule has 0 atom stereocenters. The van der Waals surface area contributed by atoms with Gasteiger partial charge in [-0.05, 0) is 136 Å². The van der Waals surface area contributed by atoms with Crippen LogP contribution >= 0.6 is 0 Å². The van der Waals surface area contributed by atoms with E-state index in [4.69, 9.17) is 0 Å². The standard InChI is InChI=1S/C54H22F2N4/c55-47-17-15-41-49-35(3-1-5-39(47)49)45-21-43-33-11-14-38-44(34(33)12-13-37(43)51(53(41)45)31-9-7-27(23-57)19-29(31)25-59)22-46-36-4-2-6-40-48(56)18-16-42(50(36)40)54(46)52(38)32-10-8-28(24-58)20-30(32)26-60/h1-22H. The van der Waals surface area contributed by atoms with Crippen molar-refractivity contribution in [1.82, 2.24) is 0 Å². The Hall–Kier alpha value is -8.68. The zero-order chi connectivity index (χ0) is 40.6. The third-order valence-corrected chi connectivity index (χ3v) is 12.6. The fourth-order valence-corrected chi connectivity index (χ4v) is 10.2. The second-order valence-electron chi connectivity index (χ2n) is 15.4. The first-order valence-corrected chi connectivity index (χ1v) is 19.3. The largest absolute Gasteiger partial charge is 0.206 e. The summed E-state index contributed by atoms with van der Waals surface area (Å²) < 4.78 is 30.9. The van der Waals surface area contributed by atoms with Gasteiger partial charge in [0, 0.05) is 32.7 Å². The molecule has 0 aromatic heterocycles. The molecule has 0 radical (unpaired) electrons. The van der Waals surface area contributed by atoms with E-state index >= 15 is 8.78 Å². The number of hydrogen-bond acceptors (Lipinski definition) is 4. The smallest absolute Gasteiger partial charge is 0.131 e. The molecule has 10 aromatic rings. The van der Waals surface area contributed by atoms with Crippen molar-refractivity contribution in [2.45, 2.75) is 0 Å². The van der Waals surface area contributed by atoms with Gasteiger partial charge in [-0.1, -0.05) is 84.9 Å². The van der Waals surface area contributed by atoms with E-state index in [2.05, 4.69) is 60.7 Å². The van der Waals surface area contributed by atoms with Crippen LogP contribution in [0.4, 0.5) is 8.78 Å². The second kappa shape index (κ2) is 11.9. The van der Waals surface area contributed by atoms with Gasteiger partial charge in [0.2, 0.25) is 0 Å². The fourth-order valence-electron chi connectivity index (χ4n) is 10.2. The van der Waals surface area contributed by atoms with E-state index in [0.717, 1.165) is 98.7 Å². The molecule has 272 valence electrons. The molecule has 0 unspecified atom stereocenters.